The van der Waals surface area contributed by atoms with Crippen LogP contribution in [0.15, 0.2) is 53.4 Å². The Morgan fingerprint density at radius 3 is 2.17 bits per heavy atom. The SMILES string of the molecule is CC(=O)c1ccc(CCCOS(=O)(=O)c2ccc(C)cc2)cc1. The van der Waals surface area contributed by atoms with Gasteiger partial charge in [-0.1, -0.05) is 42.0 Å². The summed E-state index contributed by atoms with van der Waals surface area (Å²) in [7, 11) is -3.69. The lowest BCUT2D eigenvalue weighted by Gasteiger charge is -2.06. The third-order valence-electron chi connectivity index (χ3n) is 3.52. The zero-order valence-corrected chi connectivity index (χ0v) is 14.1. The highest BCUT2D eigenvalue weighted by Crippen LogP contribution is 2.14. The van der Waals surface area contributed by atoms with Crippen molar-refractivity contribution in [3.8, 4) is 0 Å². The lowest BCUT2D eigenvalue weighted by molar-refractivity contribution is 0.101. The molecule has 0 saturated heterocycles. The molecule has 2 aromatic rings. The van der Waals surface area contributed by atoms with Gasteiger partial charge in [0.1, 0.15) is 0 Å². The molecule has 5 heteroatoms. The van der Waals surface area contributed by atoms with E-state index in [0.717, 1.165) is 11.1 Å². The average molecular weight is 332 g/mol. The molecular weight excluding hydrogens is 312 g/mol. The fourth-order valence-electron chi connectivity index (χ4n) is 2.12. The normalized spacial score (nSPS) is 11.4. The molecule has 0 spiro atoms. The van der Waals surface area contributed by atoms with Crippen molar-refractivity contribution in [1.82, 2.24) is 0 Å². The van der Waals surface area contributed by atoms with Gasteiger partial charge < -0.3 is 0 Å². The second-order valence-corrected chi connectivity index (χ2v) is 7.06. The van der Waals surface area contributed by atoms with Gasteiger partial charge in [0, 0.05) is 5.56 Å². The quantitative estimate of drug-likeness (QED) is 0.442. The van der Waals surface area contributed by atoms with Gasteiger partial charge in [-0.3, -0.25) is 8.98 Å². The van der Waals surface area contributed by atoms with Crippen LogP contribution < -0.4 is 0 Å². The summed E-state index contributed by atoms with van der Waals surface area (Å²) in [5, 5.41) is 0. The maximum absolute atomic E-state index is 12.0. The smallest absolute Gasteiger partial charge is 0.295 e. The first-order chi connectivity index (χ1) is 10.9. The summed E-state index contributed by atoms with van der Waals surface area (Å²) < 4.78 is 29.1. The predicted octanol–water partition coefficient (Wildman–Crippen LogP) is 3.54. The first kappa shape index (κ1) is 17.4. The standard InChI is InChI=1S/C18H20O4S/c1-14-5-11-18(12-6-14)23(20,21)22-13-3-4-16-7-9-17(10-8-16)15(2)19/h5-12H,3-4,13H2,1-2H3. The number of aryl methyl sites for hydroxylation is 2. The largest absolute Gasteiger partial charge is 0.296 e. The Balaban J connectivity index is 1.84. The van der Waals surface area contributed by atoms with Crippen LogP contribution in [0.25, 0.3) is 0 Å². The van der Waals surface area contributed by atoms with E-state index in [2.05, 4.69) is 0 Å². The van der Waals surface area contributed by atoms with E-state index < -0.39 is 10.1 Å². The van der Waals surface area contributed by atoms with Crippen molar-refractivity contribution >= 4 is 15.9 Å². The van der Waals surface area contributed by atoms with Gasteiger partial charge in [-0.15, -0.1) is 0 Å². The average Bonchev–Trinajstić information content (AvgIpc) is 2.52. The van der Waals surface area contributed by atoms with E-state index in [1.165, 1.54) is 6.92 Å². The molecule has 0 aromatic heterocycles. The number of carbonyl (C=O) groups excluding carboxylic acids is 1. The minimum atomic E-state index is -3.69. The van der Waals surface area contributed by atoms with Crippen LogP contribution in [0, 0.1) is 6.92 Å². The second-order valence-electron chi connectivity index (χ2n) is 5.45. The van der Waals surface area contributed by atoms with Crippen molar-refractivity contribution in [2.24, 2.45) is 0 Å². The van der Waals surface area contributed by atoms with Gasteiger partial charge in [0.15, 0.2) is 5.78 Å². The Hall–Kier alpha value is -1.98. The maximum atomic E-state index is 12.0. The molecule has 0 saturated carbocycles. The summed E-state index contributed by atoms with van der Waals surface area (Å²) in [5.74, 6) is 0.0316. The molecule has 0 unspecified atom stereocenters. The van der Waals surface area contributed by atoms with Crippen LogP contribution in [0.4, 0.5) is 0 Å². The number of rotatable bonds is 7. The van der Waals surface area contributed by atoms with Crippen LogP contribution in [0.2, 0.25) is 0 Å². The van der Waals surface area contributed by atoms with Gasteiger partial charge in [-0.05, 0) is 44.4 Å². The Labute approximate surface area is 137 Å². The van der Waals surface area contributed by atoms with E-state index in [1.54, 1.807) is 36.4 Å². The molecule has 2 rings (SSSR count). The van der Waals surface area contributed by atoms with E-state index in [-0.39, 0.29) is 17.3 Å². The molecule has 4 nitrogen and oxygen atoms in total. The molecule has 0 amide bonds. The number of hydrogen-bond acceptors (Lipinski definition) is 4. The number of benzene rings is 2. The van der Waals surface area contributed by atoms with E-state index in [9.17, 15) is 13.2 Å². The highest BCUT2D eigenvalue weighted by molar-refractivity contribution is 7.86. The van der Waals surface area contributed by atoms with Crippen molar-refractivity contribution < 1.29 is 17.4 Å². The van der Waals surface area contributed by atoms with Crippen LogP contribution in [0.3, 0.4) is 0 Å². The van der Waals surface area contributed by atoms with Crippen molar-refractivity contribution in [2.45, 2.75) is 31.6 Å². The third kappa shape index (κ3) is 5.01. The van der Waals surface area contributed by atoms with Gasteiger partial charge >= 0.3 is 0 Å². The number of hydrogen-bond donors (Lipinski definition) is 0. The van der Waals surface area contributed by atoms with Gasteiger partial charge in [0.25, 0.3) is 10.1 Å². The molecule has 0 atom stereocenters. The Morgan fingerprint density at radius 1 is 1.00 bits per heavy atom. The summed E-state index contributed by atoms with van der Waals surface area (Å²) in [5.41, 5.74) is 2.72. The van der Waals surface area contributed by atoms with Crippen molar-refractivity contribution in [2.75, 3.05) is 6.61 Å². The van der Waals surface area contributed by atoms with Crippen LogP contribution in [-0.2, 0) is 20.7 Å². The molecule has 23 heavy (non-hydrogen) atoms. The molecule has 0 bridgehead atoms. The van der Waals surface area contributed by atoms with Crippen molar-refractivity contribution in [3.63, 3.8) is 0 Å². The van der Waals surface area contributed by atoms with Crippen molar-refractivity contribution in [3.05, 3.63) is 65.2 Å². The van der Waals surface area contributed by atoms with Gasteiger partial charge in [0.2, 0.25) is 0 Å². The second kappa shape index (κ2) is 7.53. The predicted molar refractivity (Wildman–Crippen MR) is 89.1 cm³/mol. The van der Waals surface area contributed by atoms with Crippen LogP contribution >= 0.6 is 0 Å². The van der Waals surface area contributed by atoms with Crippen LogP contribution in [-0.4, -0.2) is 20.8 Å². The molecule has 0 aliphatic rings. The van der Waals surface area contributed by atoms with E-state index in [0.29, 0.717) is 18.4 Å². The van der Waals surface area contributed by atoms with E-state index >= 15 is 0 Å². The molecule has 0 aliphatic heterocycles. The molecular formula is C18H20O4S. The monoisotopic (exact) mass is 332 g/mol. The Morgan fingerprint density at radius 2 is 1.61 bits per heavy atom. The molecule has 0 heterocycles. The van der Waals surface area contributed by atoms with Crippen LogP contribution in [0.1, 0.15) is 34.8 Å². The maximum Gasteiger partial charge on any atom is 0.296 e. The number of ketones is 1. The van der Waals surface area contributed by atoms with Crippen LogP contribution in [0.5, 0.6) is 0 Å². The Kier molecular flexibility index (Phi) is 5.69. The summed E-state index contributed by atoms with van der Waals surface area (Å²) in [4.78, 5) is 11.4. The van der Waals surface area contributed by atoms with Gasteiger partial charge in [-0.2, -0.15) is 8.42 Å². The molecule has 122 valence electrons. The first-order valence-electron chi connectivity index (χ1n) is 7.44. The number of Topliss-reactive ketones (excluding diaryl/α,β-unsaturated/α-hetero) is 1. The zero-order chi connectivity index (χ0) is 16.9. The molecule has 2 aromatic carbocycles. The molecule has 0 fully saturated rings. The fourth-order valence-corrected chi connectivity index (χ4v) is 3.07. The van der Waals surface area contributed by atoms with Crippen molar-refractivity contribution in [1.29, 1.82) is 0 Å². The van der Waals surface area contributed by atoms with Gasteiger partial charge in [0.05, 0.1) is 11.5 Å². The van der Waals surface area contributed by atoms with E-state index in [1.807, 2.05) is 19.1 Å². The van der Waals surface area contributed by atoms with E-state index in [4.69, 9.17) is 4.18 Å². The molecule has 0 N–H and O–H groups in total. The summed E-state index contributed by atoms with van der Waals surface area (Å²) in [6.07, 6.45) is 1.28. The first-order valence-corrected chi connectivity index (χ1v) is 8.85. The third-order valence-corrected chi connectivity index (χ3v) is 4.84. The highest BCUT2D eigenvalue weighted by atomic mass is 32.2. The summed E-state index contributed by atoms with van der Waals surface area (Å²) in [6.45, 7) is 3.55. The lowest BCUT2D eigenvalue weighted by atomic mass is 10.1. The minimum absolute atomic E-state index is 0.0316. The summed E-state index contributed by atoms with van der Waals surface area (Å²) >= 11 is 0. The molecule has 0 radical (unpaired) electrons. The Bertz CT molecular complexity index is 760. The zero-order valence-electron chi connectivity index (χ0n) is 13.3. The number of carbonyl (C=O) groups is 1. The fraction of sp³-hybridized carbons (Fsp3) is 0.278. The van der Waals surface area contributed by atoms with Gasteiger partial charge in [-0.25, -0.2) is 0 Å². The minimum Gasteiger partial charge on any atom is -0.295 e. The summed E-state index contributed by atoms with van der Waals surface area (Å²) in [6, 6.07) is 13.9. The molecule has 0 aliphatic carbocycles. The highest BCUT2D eigenvalue weighted by Gasteiger charge is 2.14. The topological polar surface area (TPSA) is 60.4 Å². The lowest BCUT2D eigenvalue weighted by Crippen LogP contribution is -2.08.